The van der Waals surface area contributed by atoms with E-state index in [1.807, 2.05) is 0 Å². The summed E-state index contributed by atoms with van der Waals surface area (Å²) in [5, 5.41) is 5.03. The number of Topliss-reactive ketones (excluding diaryl/α,β-unsaturated/α-hetero) is 1. The summed E-state index contributed by atoms with van der Waals surface area (Å²) in [4.78, 5) is 38.5. The van der Waals surface area contributed by atoms with E-state index in [1.54, 1.807) is 0 Å². The molecule has 0 atom stereocenters. The Labute approximate surface area is 247 Å². The summed E-state index contributed by atoms with van der Waals surface area (Å²) >= 11 is 0. The number of hydrogen-bond donors (Lipinski definition) is 3. The van der Waals surface area contributed by atoms with E-state index >= 15 is 0 Å². The molecule has 3 N–H and O–H groups in total. The third kappa shape index (κ3) is 7.39. The van der Waals surface area contributed by atoms with E-state index in [-0.39, 0.29) is 40.9 Å². The first-order valence-electron chi connectivity index (χ1n) is 13.6. The molecule has 0 aliphatic carbocycles. The summed E-state index contributed by atoms with van der Waals surface area (Å²) in [6.07, 6.45) is -1.25. The van der Waals surface area contributed by atoms with Crippen molar-refractivity contribution in [2.45, 2.75) is 55.1 Å². The molecule has 0 unspecified atom stereocenters. The van der Waals surface area contributed by atoms with Crippen LogP contribution >= 0.6 is 0 Å². The lowest BCUT2D eigenvalue weighted by Crippen LogP contribution is -2.54. The Morgan fingerprint density at radius 3 is 2.21 bits per heavy atom. The monoisotopic (exact) mass is 626 g/mol. The summed E-state index contributed by atoms with van der Waals surface area (Å²) in [6, 6.07) is 5.24. The highest BCUT2D eigenvalue weighted by atomic mass is 32.2. The summed E-state index contributed by atoms with van der Waals surface area (Å²) in [6.45, 7) is 2.11. The van der Waals surface area contributed by atoms with Crippen LogP contribution in [-0.4, -0.2) is 70.4 Å². The number of likely N-dealkylation sites (tertiary alicyclic amines) is 1. The van der Waals surface area contributed by atoms with Crippen LogP contribution in [-0.2, 0) is 21.0 Å². The number of rotatable bonds is 12. The van der Waals surface area contributed by atoms with Crippen molar-refractivity contribution >= 4 is 33.4 Å². The van der Waals surface area contributed by atoms with E-state index in [0.717, 1.165) is 31.5 Å². The van der Waals surface area contributed by atoms with Gasteiger partial charge in [-0.25, -0.2) is 13.2 Å². The quantitative estimate of drug-likeness (QED) is 0.183. The fourth-order valence-electron chi connectivity index (χ4n) is 5.19. The molecule has 0 radical (unpaired) electrons. The molecule has 0 aromatic heterocycles. The Kier molecular flexibility index (Phi) is 9.54. The van der Waals surface area contributed by atoms with E-state index in [1.165, 1.54) is 26.4 Å². The number of benzene rings is 2. The molecule has 2 aromatic carbocycles. The maximum atomic E-state index is 13.1. The van der Waals surface area contributed by atoms with Gasteiger partial charge in [0.25, 0.3) is 15.9 Å². The molecule has 2 aromatic rings. The third-order valence-corrected chi connectivity index (χ3v) is 9.04. The van der Waals surface area contributed by atoms with Crippen molar-refractivity contribution in [1.82, 2.24) is 15.5 Å². The van der Waals surface area contributed by atoms with Gasteiger partial charge in [-0.1, -0.05) is 6.42 Å². The number of halogens is 3. The van der Waals surface area contributed by atoms with E-state index in [0.29, 0.717) is 44.5 Å². The van der Waals surface area contributed by atoms with E-state index in [9.17, 15) is 36.0 Å². The highest BCUT2D eigenvalue weighted by molar-refractivity contribution is 7.92. The van der Waals surface area contributed by atoms with E-state index < -0.39 is 38.2 Å². The molecule has 2 saturated heterocycles. The molecule has 3 amide bonds. The Balaban J connectivity index is 1.34. The standard InChI is InChI=1S/C28H33F3N4O7S/c1-41-23-17-24(42-2)21(34-43(39,40)19-9-7-18(8-10-19)28(29,30)31)16-20(23)22(36)6-4-3-5-13-35-14-11-27(12-15-35)25(37)32-26(38)33-27/h7-10,16-17,34H,3-6,11-15H2,1-2H3,(H2,32,33,37,38). The normalized spacial score (nSPS) is 17.0. The Morgan fingerprint density at radius 2 is 1.65 bits per heavy atom. The highest BCUT2D eigenvalue weighted by Gasteiger charge is 2.47. The number of methoxy groups -OCH3 is 2. The summed E-state index contributed by atoms with van der Waals surface area (Å²) in [5.74, 6) is -0.316. The van der Waals surface area contributed by atoms with Crippen LogP contribution in [0.4, 0.5) is 23.7 Å². The number of alkyl halides is 3. The molecule has 2 fully saturated rings. The Hall–Kier alpha value is -3.85. The number of anilines is 1. The number of imide groups is 1. The fourth-order valence-corrected chi connectivity index (χ4v) is 6.26. The number of urea groups is 1. The first-order valence-corrected chi connectivity index (χ1v) is 15.1. The van der Waals surface area contributed by atoms with Crippen LogP contribution in [0.1, 0.15) is 54.4 Å². The number of sulfonamides is 1. The summed E-state index contributed by atoms with van der Waals surface area (Å²) in [5.41, 5.74) is -1.74. The molecule has 2 aliphatic heterocycles. The number of ketones is 1. The zero-order chi connectivity index (χ0) is 31.4. The maximum Gasteiger partial charge on any atom is 0.416 e. The molecule has 234 valence electrons. The lowest BCUT2D eigenvalue weighted by molar-refractivity contribution is -0.137. The highest BCUT2D eigenvalue weighted by Crippen LogP contribution is 2.36. The molecule has 0 bridgehead atoms. The predicted molar refractivity (Wildman–Crippen MR) is 150 cm³/mol. The van der Waals surface area contributed by atoms with Gasteiger partial charge in [0.05, 0.1) is 35.9 Å². The molecular weight excluding hydrogens is 593 g/mol. The molecular formula is C28H33F3N4O7S. The number of nitrogens with zero attached hydrogens (tertiary/aromatic N) is 1. The van der Waals surface area contributed by atoms with E-state index in [4.69, 9.17) is 9.47 Å². The molecule has 43 heavy (non-hydrogen) atoms. The number of amides is 3. The van der Waals surface area contributed by atoms with Crippen molar-refractivity contribution in [3.8, 4) is 11.5 Å². The molecule has 4 rings (SSSR count). The van der Waals surface area contributed by atoms with Gasteiger partial charge in [0.2, 0.25) is 0 Å². The molecule has 11 nitrogen and oxygen atoms in total. The van der Waals surface area contributed by atoms with Crippen LogP contribution in [0.3, 0.4) is 0 Å². The number of unbranched alkanes of at least 4 members (excludes halogenated alkanes) is 2. The number of carbonyl (C=O) groups is 3. The second kappa shape index (κ2) is 12.8. The lowest BCUT2D eigenvalue weighted by Gasteiger charge is -2.36. The minimum atomic E-state index is -4.61. The number of piperidine rings is 1. The largest absolute Gasteiger partial charge is 0.496 e. The van der Waals surface area contributed by atoms with Crippen LogP contribution in [0.5, 0.6) is 11.5 Å². The van der Waals surface area contributed by atoms with Gasteiger partial charge in [-0.15, -0.1) is 0 Å². The minimum absolute atomic E-state index is 0.0573. The second-order valence-corrected chi connectivity index (χ2v) is 12.1. The Bertz CT molecular complexity index is 1470. The molecule has 15 heteroatoms. The molecule has 0 saturated carbocycles. The predicted octanol–water partition coefficient (Wildman–Crippen LogP) is 3.94. The van der Waals surface area contributed by atoms with Crippen LogP contribution in [0.15, 0.2) is 41.3 Å². The average molecular weight is 627 g/mol. The zero-order valence-electron chi connectivity index (χ0n) is 23.7. The summed E-state index contributed by atoms with van der Waals surface area (Å²) < 4.78 is 77.5. The SMILES string of the molecule is COc1cc(OC)c(C(=O)CCCCCN2CCC3(CC2)NC(=O)NC3=O)cc1NS(=O)(=O)c1ccc(C(F)(F)F)cc1. The minimum Gasteiger partial charge on any atom is -0.496 e. The number of ether oxygens (including phenoxy) is 2. The van der Waals surface area contributed by atoms with Gasteiger partial charge in [0, 0.05) is 25.6 Å². The fraction of sp³-hybridized carbons (Fsp3) is 0.464. The Morgan fingerprint density at radius 1 is 1.00 bits per heavy atom. The van der Waals surface area contributed by atoms with Crippen molar-refractivity contribution in [3.63, 3.8) is 0 Å². The number of nitrogens with one attached hydrogen (secondary N) is 3. The molecule has 1 spiro atoms. The van der Waals surface area contributed by atoms with Gasteiger partial charge < -0.3 is 19.7 Å². The van der Waals surface area contributed by atoms with Crippen LogP contribution in [0, 0.1) is 0 Å². The number of hydrogen-bond acceptors (Lipinski definition) is 8. The first-order chi connectivity index (χ1) is 20.3. The van der Waals surface area contributed by atoms with Gasteiger partial charge >= 0.3 is 12.2 Å². The van der Waals surface area contributed by atoms with Gasteiger partial charge in [-0.3, -0.25) is 19.6 Å². The van der Waals surface area contributed by atoms with Crippen molar-refractivity contribution in [1.29, 1.82) is 0 Å². The van der Waals surface area contributed by atoms with Crippen LogP contribution in [0.2, 0.25) is 0 Å². The maximum absolute atomic E-state index is 13.1. The van der Waals surface area contributed by atoms with Crippen molar-refractivity contribution in [2.75, 3.05) is 38.6 Å². The van der Waals surface area contributed by atoms with Crippen molar-refractivity contribution in [2.24, 2.45) is 0 Å². The van der Waals surface area contributed by atoms with Gasteiger partial charge in [0.1, 0.15) is 17.0 Å². The first kappa shape index (κ1) is 32.1. The van der Waals surface area contributed by atoms with Crippen molar-refractivity contribution in [3.05, 3.63) is 47.5 Å². The van der Waals surface area contributed by atoms with E-state index in [2.05, 4.69) is 20.3 Å². The lowest BCUT2D eigenvalue weighted by atomic mass is 9.87. The smallest absolute Gasteiger partial charge is 0.416 e. The molecule has 2 heterocycles. The second-order valence-electron chi connectivity index (χ2n) is 10.4. The van der Waals surface area contributed by atoms with Gasteiger partial charge in [-0.2, -0.15) is 13.2 Å². The third-order valence-electron chi connectivity index (χ3n) is 7.66. The van der Waals surface area contributed by atoms with Crippen molar-refractivity contribution < 1.29 is 45.4 Å². The van der Waals surface area contributed by atoms with Crippen LogP contribution < -0.4 is 24.8 Å². The zero-order valence-corrected chi connectivity index (χ0v) is 24.5. The van der Waals surface area contributed by atoms with Crippen LogP contribution in [0.25, 0.3) is 0 Å². The topological polar surface area (TPSA) is 143 Å². The van der Waals surface area contributed by atoms with Gasteiger partial charge in [0.15, 0.2) is 5.78 Å². The number of carbonyl (C=O) groups excluding carboxylic acids is 3. The molecule has 2 aliphatic rings. The van der Waals surface area contributed by atoms with Gasteiger partial charge in [-0.05, 0) is 62.6 Å². The average Bonchev–Trinajstić information content (AvgIpc) is 3.24. The summed E-state index contributed by atoms with van der Waals surface area (Å²) in [7, 11) is -1.65.